The number of hydrogen-bond acceptors (Lipinski definition) is 3. The van der Waals surface area contributed by atoms with Gasteiger partial charge >= 0.3 is 0 Å². The number of aryl methyl sites for hydroxylation is 1. The molecule has 0 aliphatic carbocycles. The van der Waals surface area contributed by atoms with Crippen molar-refractivity contribution < 1.29 is 4.79 Å². The second-order valence-corrected chi connectivity index (χ2v) is 5.04. The van der Waals surface area contributed by atoms with Gasteiger partial charge in [-0.15, -0.1) is 0 Å². The van der Waals surface area contributed by atoms with Gasteiger partial charge in [-0.05, 0) is 42.3 Å². The monoisotopic (exact) mass is 279 g/mol. The summed E-state index contributed by atoms with van der Waals surface area (Å²) in [7, 11) is 1.75. The summed E-state index contributed by atoms with van der Waals surface area (Å²) in [6, 6.07) is 14.6. The maximum absolute atomic E-state index is 12.4. The number of nitriles is 1. The lowest BCUT2D eigenvalue weighted by Crippen LogP contribution is -2.26. The summed E-state index contributed by atoms with van der Waals surface area (Å²) in [5.74, 6) is -0.0777. The van der Waals surface area contributed by atoms with Gasteiger partial charge in [0.15, 0.2) is 0 Å². The molecule has 0 fully saturated rings. The largest absolute Gasteiger partial charge is 0.398 e. The molecule has 0 aliphatic heterocycles. The third kappa shape index (κ3) is 3.40. The fourth-order valence-electron chi connectivity index (χ4n) is 2.02. The maximum atomic E-state index is 12.4. The zero-order valence-electron chi connectivity index (χ0n) is 12.1. The highest BCUT2D eigenvalue weighted by Crippen LogP contribution is 2.15. The Labute approximate surface area is 124 Å². The molecular formula is C17H17N3O. The molecule has 0 aliphatic rings. The fraction of sp³-hybridized carbons (Fsp3) is 0.176. The molecule has 4 heteroatoms. The summed E-state index contributed by atoms with van der Waals surface area (Å²) >= 11 is 0. The van der Waals surface area contributed by atoms with E-state index in [0.29, 0.717) is 23.4 Å². The number of benzene rings is 2. The third-order valence-electron chi connectivity index (χ3n) is 3.38. The normalized spacial score (nSPS) is 9.95. The van der Waals surface area contributed by atoms with Crippen LogP contribution in [0.5, 0.6) is 0 Å². The van der Waals surface area contributed by atoms with Crippen molar-refractivity contribution in [2.45, 2.75) is 13.5 Å². The molecule has 4 nitrogen and oxygen atoms in total. The summed E-state index contributed by atoms with van der Waals surface area (Å²) in [5.41, 5.74) is 9.58. The van der Waals surface area contributed by atoms with Gasteiger partial charge in [0.05, 0.1) is 11.6 Å². The molecule has 0 spiro atoms. The number of anilines is 1. The topological polar surface area (TPSA) is 70.1 Å². The Morgan fingerprint density at radius 1 is 1.24 bits per heavy atom. The third-order valence-corrected chi connectivity index (χ3v) is 3.38. The van der Waals surface area contributed by atoms with Crippen LogP contribution in [0.1, 0.15) is 27.0 Å². The van der Waals surface area contributed by atoms with E-state index in [1.807, 2.05) is 25.1 Å². The lowest BCUT2D eigenvalue weighted by molar-refractivity contribution is 0.0785. The molecule has 2 N–H and O–H groups in total. The molecule has 0 radical (unpaired) electrons. The van der Waals surface area contributed by atoms with Crippen molar-refractivity contribution in [3.05, 3.63) is 64.7 Å². The number of nitrogens with zero attached hydrogens (tertiary/aromatic N) is 2. The van der Waals surface area contributed by atoms with Gasteiger partial charge in [0.25, 0.3) is 5.91 Å². The van der Waals surface area contributed by atoms with Crippen LogP contribution in [0.15, 0.2) is 42.5 Å². The molecule has 0 saturated heterocycles. The number of carbonyl (C=O) groups excluding carboxylic acids is 1. The van der Waals surface area contributed by atoms with Crippen LogP contribution in [0.4, 0.5) is 5.69 Å². The second-order valence-electron chi connectivity index (χ2n) is 5.04. The van der Waals surface area contributed by atoms with Gasteiger partial charge in [-0.3, -0.25) is 4.79 Å². The van der Waals surface area contributed by atoms with Crippen LogP contribution in [0, 0.1) is 18.3 Å². The summed E-state index contributed by atoms with van der Waals surface area (Å²) < 4.78 is 0. The van der Waals surface area contributed by atoms with Crippen molar-refractivity contribution in [2.24, 2.45) is 0 Å². The van der Waals surface area contributed by atoms with Gasteiger partial charge in [-0.1, -0.05) is 18.2 Å². The van der Waals surface area contributed by atoms with Crippen molar-refractivity contribution in [2.75, 3.05) is 12.8 Å². The average Bonchev–Trinajstić information content (AvgIpc) is 2.50. The summed E-state index contributed by atoms with van der Waals surface area (Å²) in [6.07, 6.45) is 0. The Morgan fingerprint density at radius 2 is 1.90 bits per heavy atom. The molecule has 106 valence electrons. The SMILES string of the molecule is Cc1ccc(C(=O)N(C)Cc2ccc(C#N)cc2)cc1N. The van der Waals surface area contributed by atoms with E-state index in [9.17, 15) is 4.79 Å². The van der Waals surface area contributed by atoms with E-state index >= 15 is 0 Å². The average molecular weight is 279 g/mol. The molecule has 21 heavy (non-hydrogen) atoms. The predicted octanol–water partition coefficient (Wildman–Crippen LogP) is 2.72. The van der Waals surface area contributed by atoms with Crippen LogP contribution >= 0.6 is 0 Å². The lowest BCUT2D eigenvalue weighted by atomic mass is 10.1. The zero-order chi connectivity index (χ0) is 15.4. The van der Waals surface area contributed by atoms with E-state index in [4.69, 9.17) is 11.0 Å². The Kier molecular flexibility index (Phi) is 4.24. The Morgan fingerprint density at radius 3 is 2.48 bits per heavy atom. The second kappa shape index (κ2) is 6.10. The maximum Gasteiger partial charge on any atom is 0.253 e. The molecule has 0 aromatic heterocycles. The number of hydrogen-bond donors (Lipinski definition) is 1. The Bertz CT molecular complexity index is 699. The zero-order valence-corrected chi connectivity index (χ0v) is 12.1. The first-order valence-corrected chi connectivity index (χ1v) is 6.62. The van der Waals surface area contributed by atoms with Crippen molar-refractivity contribution >= 4 is 11.6 Å². The van der Waals surface area contributed by atoms with Gasteiger partial charge < -0.3 is 10.6 Å². The predicted molar refractivity (Wildman–Crippen MR) is 82.5 cm³/mol. The Balaban J connectivity index is 2.11. The highest BCUT2D eigenvalue weighted by molar-refractivity contribution is 5.95. The van der Waals surface area contributed by atoms with Crippen LogP contribution < -0.4 is 5.73 Å². The molecular weight excluding hydrogens is 262 g/mol. The summed E-state index contributed by atoms with van der Waals surface area (Å²) in [5, 5.41) is 8.77. The van der Waals surface area contributed by atoms with Crippen molar-refractivity contribution in [1.29, 1.82) is 5.26 Å². The molecule has 0 saturated carbocycles. The first-order valence-electron chi connectivity index (χ1n) is 6.62. The van der Waals surface area contributed by atoms with E-state index < -0.39 is 0 Å². The first kappa shape index (κ1) is 14.6. The number of rotatable bonds is 3. The molecule has 0 unspecified atom stereocenters. The smallest absolute Gasteiger partial charge is 0.253 e. The van der Waals surface area contributed by atoms with E-state index in [2.05, 4.69) is 6.07 Å². The quantitative estimate of drug-likeness (QED) is 0.878. The molecule has 0 heterocycles. The Hall–Kier alpha value is -2.80. The van der Waals surface area contributed by atoms with Crippen LogP contribution in [0.25, 0.3) is 0 Å². The van der Waals surface area contributed by atoms with Gasteiger partial charge in [0, 0.05) is 24.8 Å². The van der Waals surface area contributed by atoms with Gasteiger partial charge in [0.1, 0.15) is 0 Å². The van der Waals surface area contributed by atoms with E-state index in [0.717, 1.165) is 11.1 Å². The minimum absolute atomic E-state index is 0.0777. The van der Waals surface area contributed by atoms with Crippen molar-refractivity contribution in [3.8, 4) is 6.07 Å². The first-order chi connectivity index (χ1) is 10.0. The number of amides is 1. The number of nitrogens with two attached hydrogens (primary N) is 1. The fourth-order valence-corrected chi connectivity index (χ4v) is 2.02. The van der Waals surface area contributed by atoms with Crippen LogP contribution in [0.2, 0.25) is 0 Å². The molecule has 1 amide bonds. The van der Waals surface area contributed by atoms with Crippen molar-refractivity contribution in [1.82, 2.24) is 4.90 Å². The molecule has 2 aromatic rings. The van der Waals surface area contributed by atoms with Gasteiger partial charge in [-0.25, -0.2) is 0 Å². The van der Waals surface area contributed by atoms with Gasteiger partial charge in [0.2, 0.25) is 0 Å². The number of carbonyl (C=O) groups is 1. The van der Waals surface area contributed by atoms with Crippen LogP contribution in [-0.2, 0) is 6.54 Å². The van der Waals surface area contributed by atoms with E-state index in [-0.39, 0.29) is 5.91 Å². The van der Waals surface area contributed by atoms with E-state index in [1.165, 1.54) is 0 Å². The minimum atomic E-state index is -0.0777. The summed E-state index contributed by atoms with van der Waals surface area (Å²) in [4.78, 5) is 14.0. The van der Waals surface area contributed by atoms with E-state index in [1.54, 1.807) is 36.2 Å². The highest BCUT2D eigenvalue weighted by Gasteiger charge is 2.12. The summed E-state index contributed by atoms with van der Waals surface area (Å²) in [6.45, 7) is 2.39. The van der Waals surface area contributed by atoms with Crippen molar-refractivity contribution in [3.63, 3.8) is 0 Å². The highest BCUT2D eigenvalue weighted by atomic mass is 16.2. The minimum Gasteiger partial charge on any atom is -0.398 e. The van der Waals surface area contributed by atoms with Gasteiger partial charge in [-0.2, -0.15) is 5.26 Å². The van der Waals surface area contributed by atoms with Crippen LogP contribution in [0.3, 0.4) is 0 Å². The van der Waals surface area contributed by atoms with Crippen LogP contribution in [-0.4, -0.2) is 17.9 Å². The number of nitrogen functional groups attached to an aromatic ring is 1. The lowest BCUT2D eigenvalue weighted by Gasteiger charge is -2.18. The standard InChI is InChI=1S/C17H17N3O/c1-12-3-8-15(9-16(12)19)17(21)20(2)11-14-6-4-13(10-18)5-7-14/h3-9H,11,19H2,1-2H3. The molecule has 0 bridgehead atoms. The molecule has 2 aromatic carbocycles. The molecule has 0 atom stereocenters. The molecule has 2 rings (SSSR count).